The van der Waals surface area contributed by atoms with E-state index in [1.807, 2.05) is 18.2 Å². The molecule has 0 N–H and O–H groups in total. The molecule has 1 fully saturated rings. The van der Waals surface area contributed by atoms with E-state index in [4.69, 9.17) is 4.74 Å². The van der Waals surface area contributed by atoms with Crippen LogP contribution < -0.4 is 14.5 Å². The maximum atomic E-state index is 13.3. The van der Waals surface area contributed by atoms with Crippen LogP contribution in [0.1, 0.15) is 5.69 Å². The molecule has 2 amide bonds. The summed E-state index contributed by atoms with van der Waals surface area (Å²) < 4.78 is 44.6. The molecule has 3 heterocycles. The van der Waals surface area contributed by atoms with Crippen molar-refractivity contribution >= 4 is 28.2 Å². The molecular weight excluding hydrogens is 399 g/mol. The number of rotatable bonds is 3. The van der Waals surface area contributed by atoms with E-state index in [9.17, 15) is 23.2 Å². The van der Waals surface area contributed by atoms with Crippen molar-refractivity contribution in [2.75, 3.05) is 23.5 Å². The summed E-state index contributed by atoms with van der Waals surface area (Å²) in [5, 5.41) is 11.1. The van der Waals surface area contributed by atoms with Crippen molar-refractivity contribution in [3.63, 3.8) is 0 Å². The van der Waals surface area contributed by atoms with Gasteiger partial charge >= 0.3 is 12.2 Å². The van der Waals surface area contributed by atoms with Crippen LogP contribution in [-0.2, 0) is 6.18 Å². The Labute approximate surface area is 168 Å². The number of halogens is 3. The third-order valence-electron chi connectivity index (χ3n) is 4.81. The van der Waals surface area contributed by atoms with E-state index in [1.165, 1.54) is 18.2 Å². The second-order valence-corrected chi connectivity index (χ2v) is 6.53. The molecule has 0 unspecified atom stereocenters. The first-order valence-corrected chi connectivity index (χ1v) is 8.79. The first-order chi connectivity index (χ1) is 14.3. The van der Waals surface area contributed by atoms with E-state index in [0.717, 1.165) is 22.5 Å². The predicted octanol–water partition coefficient (Wildman–Crippen LogP) is 4.00. The van der Waals surface area contributed by atoms with Crippen LogP contribution in [0.4, 0.5) is 29.3 Å². The SMILES string of the molecule is COc1cnc(C(F)(F)F)cc1N1C[C@H](C#N)N(c2cncc3ccccc23)C1=O. The summed E-state index contributed by atoms with van der Waals surface area (Å²) in [4.78, 5) is 23.1. The van der Waals surface area contributed by atoms with Gasteiger partial charge in [0.05, 0.1) is 43.5 Å². The van der Waals surface area contributed by atoms with Crippen LogP contribution in [-0.4, -0.2) is 35.7 Å². The summed E-state index contributed by atoms with van der Waals surface area (Å²) in [5.41, 5.74) is -0.873. The van der Waals surface area contributed by atoms with Crippen LogP contribution in [0.5, 0.6) is 5.75 Å². The van der Waals surface area contributed by atoms with Crippen molar-refractivity contribution in [1.29, 1.82) is 5.26 Å². The van der Waals surface area contributed by atoms with Crippen molar-refractivity contribution in [1.82, 2.24) is 9.97 Å². The molecule has 0 radical (unpaired) electrons. The number of alkyl halides is 3. The summed E-state index contributed by atoms with van der Waals surface area (Å²) in [6, 6.07) is 8.40. The molecule has 2 aromatic heterocycles. The summed E-state index contributed by atoms with van der Waals surface area (Å²) in [6.07, 6.45) is -0.703. The van der Waals surface area contributed by atoms with Crippen LogP contribution in [0.25, 0.3) is 10.8 Å². The normalized spacial score (nSPS) is 16.8. The first-order valence-electron chi connectivity index (χ1n) is 8.79. The Morgan fingerprint density at radius 1 is 1.20 bits per heavy atom. The molecule has 0 bridgehead atoms. The standard InChI is InChI=1S/C20H14F3N5O2/c1-30-17-10-26-18(20(21,22)23)6-15(17)27-11-13(7-24)28(19(27)29)16-9-25-8-12-4-2-3-5-14(12)16/h2-6,8-10,13H,11H2,1H3/t13-/m0/s1. The molecule has 4 rings (SSSR count). The quantitative estimate of drug-likeness (QED) is 0.648. The summed E-state index contributed by atoms with van der Waals surface area (Å²) in [6.45, 7) is -0.143. The van der Waals surface area contributed by atoms with Crippen LogP contribution in [0.15, 0.2) is 48.9 Å². The van der Waals surface area contributed by atoms with E-state index < -0.39 is 23.9 Å². The Balaban J connectivity index is 1.82. The van der Waals surface area contributed by atoms with Crippen molar-refractivity contribution in [2.24, 2.45) is 0 Å². The number of fused-ring (bicyclic) bond motifs is 1. The smallest absolute Gasteiger partial charge is 0.433 e. The molecule has 1 aromatic carbocycles. The molecule has 152 valence electrons. The van der Waals surface area contributed by atoms with E-state index in [2.05, 4.69) is 9.97 Å². The Morgan fingerprint density at radius 3 is 2.67 bits per heavy atom. The minimum atomic E-state index is -4.70. The number of carbonyl (C=O) groups excluding carboxylic acids is 1. The van der Waals surface area contributed by atoms with Crippen molar-refractivity contribution < 1.29 is 22.7 Å². The number of hydrogen-bond acceptors (Lipinski definition) is 5. The molecule has 7 nitrogen and oxygen atoms in total. The largest absolute Gasteiger partial charge is 0.493 e. The highest BCUT2D eigenvalue weighted by Gasteiger charge is 2.42. The van der Waals surface area contributed by atoms with Crippen molar-refractivity contribution in [2.45, 2.75) is 12.2 Å². The number of urea groups is 1. The highest BCUT2D eigenvalue weighted by molar-refractivity contribution is 6.12. The minimum absolute atomic E-state index is 0.00839. The molecule has 10 heteroatoms. The van der Waals surface area contributed by atoms with Gasteiger partial charge < -0.3 is 4.74 Å². The number of nitriles is 1. The molecule has 30 heavy (non-hydrogen) atoms. The third kappa shape index (κ3) is 3.14. The van der Waals surface area contributed by atoms with Gasteiger partial charge in [0.1, 0.15) is 11.7 Å². The monoisotopic (exact) mass is 413 g/mol. The van der Waals surface area contributed by atoms with Gasteiger partial charge in [0.15, 0.2) is 5.75 Å². The number of amides is 2. The first kappa shape index (κ1) is 19.4. The number of nitrogens with zero attached hydrogens (tertiary/aromatic N) is 5. The summed E-state index contributed by atoms with van der Waals surface area (Å²) >= 11 is 0. The minimum Gasteiger partial charge on any atom is -0.493 e. The number of ether oxygens (including phenoxy) is 1. The van der Waals surface area contributed by atoms with E-state index in [1.54, 1.807) is 18.3 Å². The maximum absolute atomic E-state index is 13.3. The number of benzene rings is 1. The Kier molecular flexibility index (Phi) is 4.66. The number of hydrogen-bond donors (Lipinski definition) is 0. The third-order valence-corrected chi connectivity index (χ3v) is 4.81. The number of methoxy groups -OCH3 is 1. The fourth-order valence-corrected chi connectivity index (χ4v) is 3.41. The summed E-state index contributed by atoms with van der Waals surface area (Å²) in [7, 11) is 1.27. The van der Waals surface area contributed by atoms with Gasteiger partial charge in [-0.05, 0) is 6.07 Å². The second-order valence-electron chi connectivity index (χ2n) is 6.53. The molecule has 1 aliphatic heterocycles. The average Bonchev–Trinajstić information content (AvgIpc) is 3.08. The van der Waals surface area contributed by atoms with Crippen LogP contribution in [0.2, 0.25) is 0 Å². The van der Waals surface area contributed by atoms with Crippen LogP contribution in [0.3, 0.4) is 0 Å². The highest BCUT2D eigenvalue weighted by atomic mass is 19.4. The molecule has 3 aromatic rings. The van der Waals surface area contributed by atoms with Gasteiger partial charge in [0.25, 0.3) is 0 Å². The second kappa shape index (κ2) is 7.18. The lowest BCUT2D eigenvalue weighted by atomic mass is 10.1. The van der Waals surface area contributed by atoms with Gasteiger partial charge in [-0.1, -0.05) is 24.3 Å². The number of carbonyl (C=O) groups is 1. The summed E-state index contributed by atoms with van der Waals surface area (Å²) in [5.74, 6) is -0.00839. The molecule has 0 spiro atoms. The zero-order valence-corrected chi connectivity index (χ0v) is 15.6. The fourth-order valence-electron chi connectivity index (χ4n) is 3.41. The molecule has 1 saturated heterocycles. The zero-order valence-electron chi connectivity index (χ0n) is 15.6. The highest BCUT2D eigenvalue weighted by Crippen LogP contribution is 2.39. The molecule has 1 atom stereocenters. The fraction of sp³-hybridized carbons (Fsp3) is 0.200. The molecule has 0 saturated carbocycles. The van der Waals surface area contributed by atoms with Crippen LogP contribution >= 0.6 is 0 Å². The lowest BCUT2D eigenvalue weighted by Crippen LogP contribution is -2.35. The average molecular weight is 413 g/mol. The Morgan fingerprint density at radius 2 is 1.97 bits per heavy atom. The van der Waals surface area contributed by atoms with E-state index in [-0.39, 0.29) is 18.0 Å². The number of pyridine rings is 2. The lowest BCUT2D eigenvalue weighted by molar-refractivity contribution is -0.141. The zero-order chi connectivity index (χ0) is 21.5. The van der Waals surface area contributed by atoms with Crippen molar-refractivity contribution in [3.05, 3.63) is 54.6 Å². The van der Waals surface area contributed by atoms with Crippen molar-refractivity contribution in [3.8, 4) is 11.8 Å². The van der Waals surface area contributed by atoms with Gasteiger partial charge in [0, 0.05) is 17.0 Å². The molecule has 0 aliphatic carbocycles. The molecular formula is C20H14F3N5O2. The van der Waals surface area contributed by atoms with Crippen LogP contribution in [0, 0.1) is 11.3 Å². The number of anilines is 2. The Hall–Kier alpha value is -3.87. The van der Waals surface area contributed by atoms with Gasteiger partial charge in [-0.3, -0.25) is 14.8 Å². The Bertz CT molecular complexity index is 1170. The molecule has 1 aliphatic rings. The maximum Gasteiger partial charge on any atom is 0.433 e. The predicted molar refractivity (Wildman–Crippen MR) is 102 cm³/mol. The van der Waals surface area contributed by atoms with Gasteiger partial charge in [0.2, 0.25) is 0 Å². The van der Waals surface area contributed by atoms with Gasteiger partial charge in [-0.25, -0.2) is 9.78 Å². The lowest BCUT2D eigenvalue weighted by Gasteiger charge is -2.22. The topological polar surface area (TPSA) is 82.3 Å². The number of aromatic nitrogens is 2. The van der Waals surface area contributed by atoms with E-state index in [0.29, 0.717) is 11.1 Å². The van der Waals surface area contributed by atoms with E-state index >= 15 is 0 Å². The van der Waals surface area contributed by atoms with Gasteiger partial charge in [-0.15, -0.1) is 0 Å². The van der Waals surface area contributed by atoms with Gasteiger partial charge in [-0.2, -0.15) is 18.4 Å².